The first-order valence-corrected chi connectivity index (χ1v) is 6.96. The summed E-state index contributed by atoms with van der Waals surface area (Å²) in [7, 11) is 1.96. The average molecular weight is 308 g/mol. The quantitative estimate of drug-likeness (QED) is 0.920. The van der Waals surface area contributed by atoms with E-state index in [0.29, 0.717) is 0 Å². The van der Waals surface area contributed by atoms with E-state index in [0.717, 1.165) is 24.0 Å². The van der Waals surface area contributed by atoms with E-state index in [4.69, 9.17) is 0 Å². The molecule has 0 aliphatic heterocycles. The van der Waals surface area contributed by atoms with E-state index >= 15 is 0 Å². The summed E-state index contributed by atoms with van der Waals surface area (Å²) in [4.78, 5) is 0. The number of nitrogens with zero attached hydrogens (tertiary/aromatic N) is 2. The fourth-order valence-electron chi connectivity index (χ4n) is 2.10. The third-order valence-electron chi connectivity index (χ3n) is 2.98. The maximum absolute atomic E-state index is 4.49. The zero-order chi connectivity index (χ0) is 13.0. The van der Waals surface area contributed by atoms with Crippen molar-refractivity contribution in [3.05, 3.63) is 51.8 Å². The van der Waals surface area contributed by atoms with E-state index in [9.17, 15) is 0 Å². The summed E-state index contributed by atoms with van der Waals surface area (Å²) in [6.07, 6.45) is 2.97. The van der Waals surface area contributed by atoms with Gasteiger partial charge in [-0.25, -0.2) is 0 Å². The van der Waals surface area contributed by atoms with Crippen LogP contribution in [0.15, 0.2) is 34.9 Å². The van der Waals surface area contributed by atoms with Crippen molar-refractivity contribution in [2.24, 2.45) is 0 Å². The third-order valence-corrected chi connectivity index (χ3v) is 3.51. The molecule has 1 heterocycles. The molecule has 0 radical (unpaired) electrons. The fourth-order valence-corrected chi connectivity index (χ4v) is 2.36. The van der Waals surface area contributed by atoms with Gasteiger partial charge in [0.1, 0.15) is 0 Å². The van der Waals surface area contributed by atoms with Crippen LogP contribution in [0.5, 0.6) is 0 Å². The minimum Gasteiger partial charge on any atom is -0.316 e. The van der Waals surface area contributed by atoms with Crippen molar-refractivity contribution in [3.8, 4) is 0 Å². The highest BCUT2D eigenvalue weighted by Crippen LogP contribution is 2.14. The van der Waals surface area contributed by atoms with Gasteiger partial charge in [0.25, 0.3) is 0 Å². The highest BCUT2D eigenvalue weighted by Gasteiger charge is 2.08. The molecule has 1 aromatic heterocycles. The van der Waals surface area contributed by atoms with Crippen molar-refractivity contribution in [1.82, 2.24) is 15.1 Å². The third kappa shape index (κ3) is 3.00. The summed E-state index contributed by atoms with van der Waals surface area (Å²) in [6, 6.07) is 8.39. The molecule has 3 nitrogen and oxygen atoms in total. The smallest absolute Gasteiger partial charge is 0.0662 e. The lowest BCUT2D eigenvalue weighted by Crippen LogP contribution is -2.10. The molecular formula is C14H18BrN3. The number of hydrogen-bond acceptors (Lipinski definition) is 2. The molecule has 0 amide bonds. The molecule has 0 aliphatic rings. The Morgan fingerprint density at radius 2 is 2.00 bits per heavy atom. The molecule has 0 aliphatic carbocycles. The summed E-state index contributed by atoms with van der Waals surface area (Å²) < 4.78 is 3.20. The molecule has 18 heavy (non-hydrogen) atoms. The van der Waals surface area contributed by atoms with Gasteiger partial charge in [-0.3, -0.25) is 4.68 Å². The van der Waals surface area contributed by atoms with Gasteiger partial charge in [-0.05, 0) is 31.2 Å². The predicted molar refractivity (Wildman–Crippen MR) is 77.6 cm³/mol. The van der Waals surface area contributed by atoms with Crippen LogP contribution in [-0.2, 0) is 19.5 Å². The van der Waals surface area contributed by atoms with Gasteiger partial charge >= 0.3 is 0 Å². The van der Waals surface area contributed by atoms with Crippen molar-refractivity contribution in [3.63, 3.8) is 0 Å². The molecular weight excluding hydrogens is 290 g/mol. The molecule has 2 aromatic rings. The summed E-state index contributed by atoms with van der Waals surface area (Å²) in [5.74, 6) is 0. The topological polar surface area (TPSA) is 29.9 Å². The van der Waals surface area contributed by atoms with Crippen LogP contribution >= 0.6 is 15.9 Å². The van der Waals surface area contributed by atoms with Gasteiger partial charge in [0, 0.05) is 22.3 Å². The van der Waals surface area contributed by atoms with Crippen LogP contribution in [0, 0.1) is 0 Å². The molecule has 0 unspecified atom stereocenters. The average Bonchev–Trinajstić information content (AvgIpc) is 2.75. The van der Waals surface area contributed by atoms with E-state index in [1.165, 1.54) is 16.8 Å². The zero-order valence-corrected chi connectivity index (χ0v) is 12.4. The van der Waals surface area contributed by atoms with E-state index in [-0.39, 0.29) is 0 Å². The maximum atomic E-state index is 4.49. The molecule has 2 rings (SSSR count). The van der Waals surface area contributed by atoms with Gasteiger partial charge in [0.15, 0.2) is 0 Å². The van der Waals surface area contributed by atoms with Gasteiger partial charge in [-0.2, -0.15) is 5.10 Å². The van der Waals surface area contributed by atoms with Gasteiger partial charge in [0.05, 0.1) is 12.7 Å². The molecule has 0 atom stereocenters. The first-order chi connectivity index (χ1) is 8.74. The normalized spacial score (nSPS) is 10.8. The molecule has 96 valence electrons. The Bertz CT molecular complexity index is 502. The second-order valence-corrected chi connectivity index (χ2v) is 5.20. The van der Waals surface area contributed by atoms with Crippen LogP contribution in [0.4, 0.5) is 0 Å². The molecule has 1 N–H and O–H groups in total. The highest BCUT2D eigenvalue weighted by molar-refractivity contribution is 9.10. The summed E-state index contributed by atoms with van der Waals surface area (Å²) in [6.45, 7) is 3.89. The van der Waals surface area contributed by atoms with Crippen LogP contribution in [0.3, 0.4) is 0 Å². The second-order valence-electron chi connectivity index (χ2n) is 4.28. The Hall–Kier alpha value is -1.13. The number of halogens is 1. The standard InChI is InChI=1S/C14H18BrN3/c1-3-14-12(8-16-2)9-17-18(14)10-11-4-6-13(15)7-5-11/h4-7,9,16H,3,8,10H2,1-2H3. The summed E-state index contributed by atoms with van der Waals surface area (Å²) >= 11 is 3.45. The molecule has 0 saturated heterocycles. The summed E-state index contributed by atoms with van der Waals surface area (Å²) in [5, 5.41) is 7.67. The minimum atomic E-state index is 0.833. The molecule has 0 spiro atoms. The minimum absolute atomic E-state index is 0.833. The Morgan fingerprint density at radius 3 is 2.61 bits per heavy atom. The Morgan fingerprint density at radius 1 is 1.28 bits per heavy atom. The number of nitrogens with one attached hydrogen (secondary N) is 1. The van der Waals surface area contributed by atoms with E-state index < -0.39 is 0 Å². The van der Waals surface area contributed by atoms with Gasteiger partial charge in [0.2, 0.25) is 0 Å². The number of hydrogen-bond donors (Lipinski definition) is 1. The summed E-state index contributed by atoms with van der Waals surface area (Å²) in [5.41, 5.74) is 3.87. The lowest BCUT2D eigenvalue weighted by molar-refractivity contribution is 0.645. The lowest BCUT2D eigenvalue weighted by atomic mass is 10.2. The van der Waals surface area contributed by atoms with Gasteiger partial charge in [-0.15, -0.1) is 0 Å². The largest absolute Gasteiger partial charge is 0.316 e. The Kier molecular flexibility index (Phi) is 4.55. The first kappa shape index (κ1) is 13.3. The lowest BCUT2D eigenvalue weighted by Gasteiger charge is -2.08. The molecule has 1 aromatic carbocycles. The Labute approximate surface area is 116 Å². The van der Waals surface area contributed by atoms with Crippen molar-refractivity contribution in [2.75, 3.05) is 7.05 Å². The van der Waals surface area contributed by atoms with Crippen LogP contribution in [0.1, 0.15) is 23.7 Å². The second kappa shape index (κ2) is 6.16. The van der Waals surface area contributed by atoms with Crippen LogP contribution in [0.2, 0.25) is 0 Å². The van der Waals surface area contributed by atoms with E-state index in [1.54, 1.807) is 0 Å². The van der Waals surface area contributed by atoms with Crippen LogP contribution in [0.25, 0.3) is 0 Å². The van der Waals surface area contributed by atoms with E-state index in [1.807, 2.05) is 13.2 Å². The van der Waals surface area contributed by atoms with Crippen LogP contribution < -0.4 is 5.32 Å². The van der Waals surface area contributed by atoms with Crippen molar-refractivity contribution >= 4 is 15.9 Å². The van der Waals surface area contributed by atoms with E-state index in [2.05, 4.69) is 62.2 Å². The monoisotopic (exact) mass is 307 g/mol. The van der Waals surface area contributed by atoms with Crippen LogP contribution in [-0.4, -0.2) is 16.8 Å². The number of rotatable bonds is 5. The fraction of sp³-hybridized carbons (Fsp3) is 0.357. The molecule has 4 heteroatoms. The molecule has 0 bridgehead atoms. The predicted octanol–water partition coefficient (Wildman–Crippen LogP) is 2.98. The van der Waals surface area contributed by atoms with Crippen molar-refractivity contribution in [1.29, 1.82) is 0 Å². The van der Waals surface area contributed by atoms with Crippen molar-refractivity contribution in [2.45, 2.75) is 26.4 Å². The SMILES string of the molecule is CCc1c(CNC)cnn1Cc1ccc(Br)cc1. The van der Waals surface area contributed by atoms with Gasteiger partial charge < -0.3 is 5.32 Å². The molecule has 0 fully saturated rings. The Balaban J connectivity index is 2.20. The first-order valence-electron chi connectivity index (χ1n) is 6.17. The molecule has 0 saturated carbocycles. The number of aromatic nitrogens is 2. The van der Waals surface area contributed by atoms with Crippen molar-refractivity contribution < 1.29 is 0 Å². The van der Waals surface area contributed by atoms with Gasteiger partial charge in [-0.1, -0.05) is 35.0 Å². The highest BCUT2D eigenvalue weighted by atomic mass is 79.9. The number of benzene rings is 1. The maximum Gasteiger partial charge on any atom is 0.0662 e. The zero-order valence-electron chi connectivity index (χ0n) is 10.8.